The highest BCUT2D eigenvalue weighted by atomic mass is 16.6. The molecule has 0 fully saturated rings. The quantitative estimate of drug-likeness (QED) is 0.671. The van der Waals surface area contributed by atoms with E-state index in [2.05, 4.69) is 5.32 Å². The summed E-state index contributed by atoms with van der Waals surface area (Å²) in [4.78, 5) is 22.5. The monoisotopic (exact) mass is 325 g/mol. The number of rotatable bonds is 5. The van der Waals surface area contributed by atoms with Crippen LogP contribution in [0.25, 0.3) is 0 Å². The maximum Gasteiger partial charge on any atom is 0.293 e. The van der Waals surface area contributed by atoms with E-state index in [0.717, 1.165) is 11.1 Å². The Bertz CT molecular complexity index is 823. The first-order valence-corrected chi connectivity index (χ1v) is 7.09. The molecule has 0 unspecified atom stereocenters. The van der Waals surface area contributed by atoms with Crippen molar-refractivity contribution >= 4 is 17.3 Å². The average molecular weight is 325 g/mol. The molecule has 7 nitrogen and oxygen atoms in total. The summed E-state index contributed by atoms with van der Waals surface area (Å²) in [6.45, 7) is 3.28. The van der Waals surface area contributed by atoms with Crippen LogP contribution in [-0.4, -0.2) is 17.4 Å². The van der Waals surface area contributed by atoms with Crippen LogP contribution in [0.1, 0.15) is 16.7 Å². The average Bonchev–Trinajstić information content (AvgIpc) is 2.56. The van der Waals surface area contributed by atoms with Crippen molar-refractivity contribution in [3.63, 3.8) is 0 Å². The first-order chi connectivity index (χ1) is 11.4. The number of amides is 1. The molecule has 0 spiro atoms. The third kappa shape index (κ3) is 4.08. The van der Waals surface area contributed by atoms with Crippen molar-refractivity contribution in [1.82, 2.24) is 0 Å². The Labute approximate surface area is 138 Å². The van der Waals surface area contributed by atoms with Crippen molar-refractivity contribution in [3.05, 3.63) is 63.2 Å². The second-order valence-corrected chi connectivity index (χ2v) is 5.18. The van der Waals surface area contributed by atoms with Gasteiger partial charge in [0.05, 0.1) is 16.6 Å². The molecule has 1 amide bonds. The fourth-order valence-corrected chi connectivity index (χ4v) is 2.01. The highest BCUT2D eigenvalue weighted by Gasteiger charge is 2.17. The number of hydrogen-bond acceptors (Lipinski definition) is 5. The van der Waals surface area contributed by atoms with Crippen LogP contribution in [0.4, 0.5) is 11.4 Å². The van der Waals surface area contributed by atoms with Crippen LogP contribution in [0.15, 0.2) is 36.4 Å². The predicted molar refractivity (Wildman–Crippen MR) is 87.9 cm³/mol. The molecule has 0 saturated heterocycles. The third-order valence-electron chi connectivity index (χ3n) is 3.44. The lowest BCUT2D eigenvalue weighted by Gasteiger charge is -2.10. The maximum absolute atomic E-state index is 12.0. The van der Waals surface area contributed by atoms with Gasteiger partial charge in [-0.1, -0.05) is 0 Å². The van der Waals surface area contributed by atoms with Gasteiger partial charge in [-0.05, 0) is 55.3 Å². The summed E-state index contributed by atoms with van der Waals surface area (Å²) in [5.74, 6) is -0.0792. The summed E-state index contributed by atoms with van der Waals surface area (Å²) in [5.41, 5.74) is 2.07. The van der Waals surface area contributed by atoms with Crippen LogP contribution in [0.2, 0.25) is 0 Å². The van der Waals surface area contributed by atoms with Crippen molar-refractivity contribution < 1.29 is 14.5 Å². The Morgan fingerprint density at radius 2 is 1.88 bits per heavy atom. The van der Waals surface area contributed by atoms with Gasteiger partial charge in [0.15, 0.2) is 6.61 Å². The normalized spacial score (nSPS) is 9.88. The SMILES string of the molecule is Cc1cc(NC(=O)COc2ccc(C#N)cc2)c([N+](=O)[O-])cc1C. The molecule has 0 atom stereocenters. The van der Waals surface area contributed by atoms with E-state index in [1.165, 1.54) is 6.07 Å². The summed E-state index contributed by atoms with van der Waals surface area (Å²) in [5, 5.41) is 22.3. The molecule has 0 aromatic heterocycles. The molecule has 0 saturated carbocycles. The second-order valence-electron chi connectivity index (χ2n) is 5.18. The minimum absolute atomic E-state index is 0.136. The molecule has 0 heterocycles. The van der Waals surface area contributed by atoms with Crippen molar-refractivity contribution in [2.24, 2.45) is 0 Å². The zero-order valence-corrected chi connectivity index (χ0v) is 13.2. The zero-order valence-electron chi connectivity index (χ0n) is 13.2. The van der Waals surface area contributed by atoms with Gasteiger partial charge < -0.3 is 10.1 Å². The van der Waals surface area contributed by atoms with Crippen molar-refractivity contribution in [1.29, 1.82) is 5.26 Å². The van der Waals surface area contributed by atoms with Gasteiger partial charge in [-0.15, -0.1) is 0 Å². The molecule has 0 aliphatic heterocycles. The van der Waals surface area contributed by atoms with Gasteiger partial charge in [0.1, 0.15) is 11.4 Å². The lowest BCUT2D eigenvalue weighted by molar-refractivity contribution is -0.384. The number of nitrogens with one attached hydrogen (secondary N) is 1. The van der Waals surface area contributed by atoms with Gasteiger partial charge in [0, 0.05) is 6.07 Å². The molecule has 0 radical (unpaired) electrons. The Morgan fingerprint density at radius 3 is 2.46 bits per heavy atom. The molecule has 0 aliphatic rings. The summed E-state index contributed by atoms with van der Waals surface area (Å²) in [6, 6.07) is 11.3. The topological polar surface area (TPSA) is 105 Å². The van der Waals surface area contributed by atoms with E-state index in [1.807, 2.05) is 13.0 Å². The largest absolute Gasteiger partial charge is 0.484 e. The van der Waals surface area contributed by atoms with E-state index < -0.39 is 10.8 Å². The van der Waals surface area contributed by atoms with Gasteiger partial charge in [-0.25, -0.2) is 0 Å². The minimum Gasteiger partial charge on any atom is -0.484 e. The van der Waals surface area contributed by atoms with E-state index in [-0.39, 0.29) is 18.0 Å². The van der Waals surface area contributed by atoms with Gasteiger partial charge in [0.25, 0.3) is 11.6 Å². The van der Waals surface area contributed by atoms with E-state index in [1.54, 1.807) is 37.3 Å². The standard InChI is InChI=1S/C17H15N3O4/c1-11-7-15(16(20(22)23)8-12(11)2)19-17(21)10-24-14-5-3-13(9-18)4-6-14/h3-8H,10H2,1-2H3,(H,19,21). The number of carbonyl (C=O) groups excluding carboxylic acids is 1. The fraction of sp³-hybridized carbons (Fsp3) is 0.176. The van der Waals surface area contributed by atoms with Crippen LogP contribution in [0.5, 0.6) is 5.75 Å². The number of anilines is 1. The Morgan fingerprint density at radius 1 is 1.25 bits per heavy atom. The first-order valence-electron chi connectivity index (χ1n) is 7.09. The lowest BCUT2D eigenvalue weighted by Crippen LogP contribution is -2.21. The number of carbonyl (C=O) groups is 1. The number of benzene rings is 2. The molecule has 0 aliphatic carbocycles. The Kier molecular flexibility index (Phi) is 5.12. The van der Waals surface area contributed by atoms with Crippen molar-refractivity contribution in [3.8, 4) is 11.8 Å². The number of nitro benzene ring substituents is 1. The number of ether oxygens (including phenoxy) is 1. The summed E-state index contributed by atoms with van der Waals surface area (Å²) in [7, 11) is 0. The van der Waals surface area contributed by atoms with Gasteiger partial charge >= 0.3 is 0 Å². The van der Waals surface area contributed by atoms with Gasteiger partial charge in [-0.3, -0.25) is 14.9 Å². The third-order valence-corrected chi connectivity index (χ3v) is 3.44. The molecule has 0 bridgehead atoms. The molecule has 122 valence electrons. The van der Waals surface area contributed by atoms with E-state index in [4.69, 9.17) is 10.00 Å². The summed E-state index contributed by atoms with van der Waals surface area (Å²) in [6.07, 6.45) is 0. The van der Waals surface area contributed by atoms with E-state index >= 15 is 0 Å². The summed E-state index contributed by atoms with van der Waals surface area (Å²) >= 11 is 0. The number of nitro groups is 1. The molecule has 24 heavy (non-hydrogen) atoms. The number of nitriles is 1. The van der Waals surface area contributed by atoms with Crippen LogP contribution < -0.4 is 10.1 Å². The number of hydrogen-bond donors (Lipinski definition) is 1. The predicted octanol–water partition coefficient (Wildman–Crippen LogP) is 3.10. The molecule has 2 rings (SSSR count). The smallest absolute Gasteiger partial charge is 0.293 e. The van der Waals surface area contributed by atoms with E-state index in [0.29, 0.717) is 11.3 Å². The van der Waals surface area contributed by atoms with Gasteiger partial charge in [-0.2, -0.15) is 5.26 Å². The Hall–Kier alpha value is -3.40. The highest BCUT2D eigenvalue weighted by molar-refractivity contribution is 5.94. The van der Waals surface area contributed by atoms with Crippen LogP contribution in [-0.2, 0) is 4.79 Å². The van der Waals surface area contributed by atoms with Crippen LogP contribution in [0, 0.1) is 35.3 Å². The van der Waals surface area contributed by atoms with Crippen LogP contribution >= 0.6 is 0 Å². The van der Waals surface area contributed by atoms with E-state index in [9.17, 15) is 14.9 Å². The zero-order chi connectivity index (χ0) is 17.7. The number of nitrogens with zero attached hydrogens (tertiary/aromatic N) is 2. The summed E-state index contributed by atoms with van der Waals surface area (Å²) < 4.78 is 5.30. The molecule has 1 N–H and O–H groups in total. The molecule has 7 heteroatoms. The first kappa shape index (κ1) is 17.0. The number of aryl methyl sites for hydroxylation is 2. The van der Waals surface area contributed by atoms with Crippen LogP contribution in [0.3, 0.4) is 0 Å². The second kappa shape index (κ2) is 7.24. The Balaban J connectivity index is 2.05. The van der Waals surface area contributed by atoms with Crippen molar-refractivity contribution in [2.45, 2.75) is 13.8 Å². The minimum atomic E-state index is -0.538. The molecular formula is C17H15N3O4. The fourth-order valence-electron chi connectivity index (χ4n) is 2.01. The van der Waals surface area contributed by atoms with Crippen molar-refractivity contribution in [2.75, 3.05) is 11.9 Å². The maximum atomic E-state index is 12.0. The highest BCUT2D eigenvalue weighted by Crippen LogP contribution is 2.27. The molecular weight excluding hydrogens is 310 g/mol. The molecule has 2 aromatic rings. The van der Waals surface area contributed by atoms with Gasteiger partial charge in [0.2, 0.25) is 0 Å². The lowest BCUT2D eigenvalue weighted by atomic mass is 10.1. The molecule has 2 aromatic carbocycles.